The molecule has 5 rings (SSSR count). The number of fused-ring (bicyclic) bond motifs is 2. The molecular formula is C17H11N3O3S2. The van der Waals surface area contributed by atoms with Crippen LogP contribution in [-0.2, 0) is 0 Å². The Morgan fingerprint density at radius 1 is 1.20 bits per heavy atom. The van der Waals surface area contributed by atoms with Gasteiger partial charge in [-0.05, 0) is 23.6 Å². The molecule has 4 heterocycles. The molecule has 0 aliphatic carbocycles. The van der Waals surface area contributed by atoms with Crippen LogP contribution in [0, 0.1) is 0 Å². The molecule has 1 N–H and O–H groups in total. The van der Waals surface area contributed by atoms with Crippen molar-refractivity contribution < 1.29 is 14.3 Å². The van der Waals surface area contributed by atoms with Crippen LogP contribution in [0.15, 0.2) is 47.3 Å². The Labute approximate surface area is 150 Å². The number of hydrogen-bond acceptors (Lipinski definition) is 6. The van der Waals surface area contributed by atoms with Crippen molar-refractivity contribution in [3.8, 4) is 22.1 Å². The summed E-state index contributed by atoms with van der Waals surface area (Å²) in [5.41, 5.74) is 2.08. The highest BCUT2D eigenvalue weighted by Crippen LogP contribution is 2.34. The van der Waals surface area contributed by atoms with E-state index in [2.05, 4.69) is 10.3 Å². The van der Waals surface area contributed by atoms with Gasteiger partial charge in [0, 0.05) is 23.3 Å². The average molecular weight is 369 g/mol. The summed E-state index contributed by atoms with van der Waals surface area (Å²) in [7, 11) is 0. The van der Waals surface area contributed by atoms with Gasteiger partial charge in [0.15, 0.2) is 16.5 Å². The Morgan fingerprint density at radius 3 is 3.00 bits per heavy atom. The van der Waals surface area contributed by atoms with E-state index < -0.39 is 0 Å². The molecule has 0 bridgehead atoms. The maximum atomic E-state index is 12.7. The monoisotopic (exact) mass is 369 g/mol. The summed E-state index contributed by atoms with van der Waals surface area (Å²) < 4.78 is 12.4. The first-order chi connectivity index (χ1) is 12.3. The van der Waals surface area contributed by atoms with Gasteiger partial charge in [0.25, 0.3) is 5.91 Å². The molecular weight excluding hydrogens is 358 g/mol. The van der Waals surface area contributed by atoms with Crippen molar-refractivity contribution in [1.29, 1.82) is 0 Å². The number of nitrogens with one attached hydrogen (secondary N) is 1. The van der Waals surface area contributed by atoms with E-state index in [4.69, 9.17) is 9.47 Å². The van der Waals surface area contributed by atoms with Crippen LogP contribution in [0.2, 0.25) is 0 Å². The minimum atomic E-state index is -0.194. The maximum Gasteiger partial charge on any atom is 0.273 e. The van der Waals surface area contributed by atoms with Gasteiger partial charge in [0.05, 0.1) is 4.88 Å². The SMILES string of the molecule is O=C(Nc1ccc2c(c1)OCO2)c1csc2nc(-c3cccs3)cn12. The smallest absolute Gasteiger partial charge is 0.273 e. The second-order valence-electron chi connectivity index (χ2n) is 5.40. The van der Waals surface area contributed by atoms with Crippen LogP contribution in [0.3, 0.4) is 0 Å². The lowest BCUT2D eigenvalue weighted by Gasteiger charge is -2.05. The summed E-state index contributed by atoms with van der Waals surface area (Å²) in [6.07, 6.45) is 1.90. The second kappa shape index (κ2) is 5.61. The van der Waals surface area contributed by atoms with E-state index >= 15 is 0 Å². The van der Waals surface area contributed by atoms with Crippen molar-refractivity contribution in [2.24, 2.45) is 0 Å². The normalized spacial score (nSPS) is 12.6. The number of rotatable bonds is 3. The fraction of sp³-hybridized carbons (Fsp3) is 0.0588. The van der Waals surface area contributed by atoms with Gasteiger partial charge >= 0.3 is 0 Å². The van der Waals surface area contributed by atoms with E-state index in [-0.39, 0.29) is 12.7 Å². The molecule has 25 heavy (non-hydrogen) atoms. The number of thiophene rings is 1. The Kier molecular flexibility index (Phi) is 3.25. The van der Waals surface area contributed by atoms with E-state index in [1.165, 1.54) is 11.3 Å². The zero-order valence-corrected chi connectivity index (χ0v) is 14.4. The van der Waals surface area contributed by atoms with Crippen LogP contribution in [0.1, 0.15) is 10.5 Å². The third-order valence-corrected chi connectivity index (χ3v) is 5.58. The Morgan fingerprint density at radius 2 is 2.12 bits per heavy atom. The van der Waals surface area contributed by atoms with E-state index in [0.29, 0.717) is 22.9 Å². The first kappa shape index (κ1) is 14.5. The zero-order valence-electron chi connectivity index (χ0n) is 12.8. The Hall–Kier alpha value is -2.84. The molecule has 1 aliphatic rings. The third-order valence-electron chi connectivity index (χ3n) is 3.85. The van der Waals surface area contributed by atoms with Crippen molar-refractivity contribution >= 4 is 39.2 Å². The highest BCUT2D eigenvalue weighted by molar-refractivity contribution is 7.15. The van der Waals surface area contributed by atoms with E-state index in [9.17, 15) is 4.79 Å². The number of carbonyl (C=O) groups is 1. The number of nitrogens with zero attached hydrogens (tertiary/aromatic N) is 2. The standard InChI is InChI=1S/C17H11N3O3S2/c21-16(18-10-3-4-13-14(6-10)23-9-22-13)12-8-25-17-19-11(7-20(12)17)15-2-1-5-24-15/h1-8H,9H2,(H,18,21). The number of ether oxygens (including phenoxy) is 2. The Balaban J connectivity index is 1.45. The molecule has 0 atom stereocenters. The molecule has 0 spiro atoms. The molecule has 0 saturated carbocycles. The number of benzene rings is 1. The molecule has 0 radical (unpaired) electrons. The van der Waals surface area contributed by atoms with Crippen molar-refractivity contribution in [2.75, 3.05) is 12.1 Å². The summed E-state index contributed by atoms with van der Waals surface area (Å²) in [5.74, 6) is 1.13. The summed E-state index contributed by atoms with van der Waals surface area (Å²) in [6, 6.07) is 9.34. The molecule has 0 unspecified atom stereocenters. The van der Waals surface area contributed by atoms with Crippen molar-refractivity contribution in [2.45, 2.75) is 0 Å². The van der Waals surface area contributed by atoms with Gasteiger partial charge in [-0.2, -0.15) is 0 Å². The zero-order chi connectivity index (χ0) is 16.8. The number of thiazole rings is 1. The summed E-state index contributed by atoms with van der Waals surface area (Å²) in [5, 5.41) is 6.71. The van der Waals surface area contributed by atoms with Crippen LogP contribution < -0.4 is 14.8 Å². The maximum absolute atomic E-state index is 12.7. The minimum Gasteiger partial charge on any atom is -0.454 e. The number of imidazole rings is 1. The van der Waals surface area contributed by atoms with Gasteiger partial charge in [-0.1, -0.05) is 6.07 Å². The number of amides is 1. The highest BCUT2D eigenvalue weighted by atomic mass is 32.1. The van der Waals surface area contributed by atoms with E-state index in [0.717, 1.165) is 15.5 Å². The molecule has 0 saturated heterocycles. The molecule has 4 aromatic rings. The predicted molar refractivity (Wildman–Crippen MR) is 96.9 cm³/mol. The molecule has 1 aliphatic heterocycles. The minimum absolute atomic E-state index is 0.194. The molecule has 0 fully saturated rings. The largest absolute Gasteiger partial charge is 0.454 e. The van der Waals surface area contributed by atoms with Gasteiger partial charge in [0.1, 0.15) is 11.4 Å². The second-order valence-corrected chi connectivity index (χ2v) is 7.18. The molecule has 1 aromatic carbocycles. The number of hydrogen-bond donors (Lipinski definition) is 1. The van der Waals surface area contributed by atoms with E-state index in [1.807, 2.05) is 33.5 Å². The lowest BCUT2D eigenvalue weighted by molar-refractivity contribution is 0.102. The van der Waals surface area contributed by atoms with Gasteiger partial charge in [0.2, 0.25) is 6.79 Å². The molecule has 1 amide bonds. The Bertz CT molecular complexity index is 1080. The molecule has 124 valence electrons. The van der Waals surface area contributed by atoms with Crippen molar-refractivity contribution in [3.63, 3.8) is 0 Å². The summed E-state index contributed by atoms with van der Waals surface area (Å²) in [6.45, 7) is 0.207. The van der Waals surface area contributed by atoms with Gasteiger partial charge in [-0.25, -0.2) is 4.98 Å². The molecule has 6 nitrogen and oxygen atoms in total. The summed E-state index contributed by atoms with van der Waals surface area (Å²) >= 11 is 3.07. The topological polar surface area (TPSA) is 64.9 Å². The number of carbonyl (C=O) groups excluding carboxylic acids is 1. The fourth-order valence-corrected chi connectivity index (χ4v) is 4.19. The van der Waals surface area contributed by atoms with Crippen LogP contribution in [-0.4, -0.2) is 22.1 Å². The lowest BCUT2D eigenvalue weighted by Crippen LogP contribution is -2.13. The number of aromatic nitrogens is 2. The predicted octanol–water partition coefficient (Wildman–Crippen LogP) is 4.11. The van der Waals surface area contributed by atoms with Gasteiger partial charge in [-0.15, -0.1) is 22.7 Å². The van der Waals surface area contributed by atoms with Crippen LogP contribution >= 0.6 is 22.7 Å². The lowest BCUT2D eigenvalue weighted by atomic mass is 10.2. The van der Waals surface area contributed by atoms with E-state index in [1.54, 1.807) is 29.5 Å². The van der Waals surface area contributed by atoms with Crippen LogP contribution in [0.25, 0.3) is 15.5 Å². The van der Waals surface area contributed by atoms with Crippen LogP contribution in [0.5, 0.6) is 11.5 Å². The highest BCUT2D eigenvalue weighted by Gasteiger charge is 2.18. The average Bonchev–Trinajstić information content (AvgIpc) is 3.36. The fourth-order valence-electron chi connectivity index (χ4n) is 2.66. The first-order valence-electron chi connectivity index (χ1n) is 7.49. The quantitative estimate of drug-likeness (QED) is 0.590. The van der Waals surface area contributed by atoms with Crippen LogP contribution in [0.4, 0.5) is 5.69 Å². The molecule has 8 heteroatoms. The number of anilines is 1. The van der Waals surface area contributed by atoms with Gasteiger partial charge in [-0.3, -0.25) is 9.20 Å². The summed E-state index contributed by atoms with van der Waals surface area (Å²) in [4.78, 5) is 19.1. The third kappa shape index (κ3) is 2.46. The molecule has 3 aromatic heterocycles. The van der Waals surface area contributed by atoms with Crippen molar-refractivity contribution in [1.82, 2.24) is 9.38 Å². The van der Waals surface area contributed by atoms with Gasteiger partial charge < -0.3 is 14.8 Å². The first-order valence-corrected chi connectivity index (χ1v) is 9.25. The van der Waals surface area contributed by atoms with Crippen molar-refractivity contribution in [3.05, 3.63) is 53.0 Å².